The minimum absolute atomic E-state index is 0.165. The molecule has 4 amide bonds. The van der Waals surface area contributed by atoms with E-state index in [9.17, 15) is 9.59 Å². The Morgan fingerprint density at radius 1 is 1.37 bits per heavy atom. The van der Waals surface area contributed by atoms with Gasteiger partial charge in [0.2, 0.25) is 0 Å². The highest BCUT2D eigenvalue weighted by Gasteiger charge is 2.32. The molecule has 0 aromatic rings. The Bertz CT molecular complexity index is 370. The summed E-state index contributed by atoms with van der Waals surface area (Å²) in [5.74, 6) is 0.772. The van der Waals surface area contributed by atoms with E-state index in [1.807, 2.05) is 0 Å². The van der Waals surface area contributed by atoms with Crippen molar-refractivity contribution < 1.29 is 9.59 Å². The Morgan fingerprint density at radius 2 is 2.05 bits per heavy atom. The summed E-state index contributed by atoms with van der Waals surface area (Å²) in [6, 6.07) is -1.53. The van der Waals surface area contributed by atoms with Gasteiger partial charge in [0.25, 0.3) is 0 Å². The first-order valence-corrected chi connectivity index (χ1v) is 6.36. The Balaban J connectivity index is 2.78. The minimum atomic E-state index is -0.708. The quantitative estimate of drug-likeness (QED) is 0.460. The summed E-state index contributed by atoms with van der Waals surface area (Å²) in [7, 11) is 0. The number of hydrazine groups is 1. The average molecular weight is 270 g/mol. The molecule has 0 bridgehead atoms. The second kappa shape index (κ2) is 6.93. The first-order valence-electron chi connectivity index (χ1n) is 6.36. The van der Waals surface area contributed by atoms with Gasteiger partial charge in [-0.25, -0.2) is 20.4 Å². The van der Waals surface area contributed by atoms with Crippen LogP contribution >= 0.6 is 0 Å². The van der Waals surface area contributed by atoms with E-state index in [0.29, 0.717) is 5.92 Å². The third-order valence-electron chi connectivity index (χ3n) is 3.37. The maximum Gasteiger partial charge on any atom is 0.332 e. The maximum absolute atomic E-state index is 10.8. The molecule has 8 nitrogen and oxygen atoms in total. The van der Waals surface area contributed by atoms with E-state index in [0.717, 1.165) is 25.0 Å². The van der Waals surface area contributed by atoms with Gasteiger partial charge in [0, 0.05) is 0 Å². The number of urea groups is 2. The molecule has 1 aliphatic rings. The predicted octanol–water partition coefficient (Wildman–Crippen LogP) is 0.00830. The highest BCUT2D eigenvalue weighted by molar-refractivity contribution is 5.91. The van der Waals surface area contributed by atoms with Crippen molar-refractivity contribution in [3.8, 4) is 0 Å². The van der Waals surface area contributed by atoms with Crippen LogP contribution in [0.5, 0.6) is 0 Å². The SMILES string of the molecule is CCC1C/C(=N\NC(N)=O)C(NNC(N)=O)C(C)C1. The molecule has 1 aliphatic carbocycles. The van der Waals surface area contributed by atoms with Crippen LogP contribution in [0.25, 0.3) is 0 Å². The van der Waals surface area contributed by atoms with Crippen LogP contribution in [0.2, 0.25) is 0 Å². The fourth-order valence-corrected chi connectivity index (χ4v) is 2.42. The summed E-state index contributed by atoms with van der Waals surface area (Å²) in [6.07, 6.45) is 2.80. The molecule has 1 rings (SSSR count). The van der Waals surface area contributed by atoms with Gasteiger partial charge >= 0.3 is 12.1 Å². The zero-order chi connectivity index (χ0) is 14.4. The Labute approximate surface area is 112 Å². The molecule has 0 radical (unpaired) electrons. The molecular weight excluding hydrogens is 248 g/mol. The summed E-state index contributed by atoms with van der Waals surface area (Å²) in [5.41, 5.74) is 18.3. The number of carbonyl (C=O) groups is 2. The second-order valence-corrected chi connectivity index (χ2v) is 4.88. The van der Waals surface area contributed by atoms with Crippen molar-refractivity contribution >= 4 is 17.8 Å². The largest absolute Gasteiger partial charge is 0.351 e. The number of hydrogen-bond donors (Lipinski definition) is 5. The van der Waals surface area contributed by atoms with Crippen LogP contribution in [0.15, 0.2) is 5.10 Å². The van der Waals surface area contributed by atoms with Gasteiger partial charge in [0.15, 0.2) is 0 Å². The molecule has 1 saturated carbocycles. The van der Waals surface area contributed by atoms with Crippen LogP contribution in [0, 0.1) is 11.8 Å². The van der Waals surface area contributed by atoms with Crippen LogP contribution in [0.3, 0.4) is 0 Å². The monoisotopic (exact) mass is 270 g/mol. The van der Waals surface area contributed by atoms with Crippen LogP contribution in [0.4, 0.5) is 9.59 Å². The number of nitrogens with one attached hydrogen (secondary N) is 3. The van der Waals surface area contributed by atoms with Crippen molar-refractivity contribution in [1.29, 1.82) is 0 Å². The zero-order valence-electron chi connectivity index (χ0n) is 11.3. The summed E-state index contributed by atoms with van der Waals surface area (Å²) in [4.78, 5) is 21.5. The van der Waals surface area contributed by atoms with Gasteiger partial charge in [0.05, 0.1) is 11.8 Å². The molecule has 108 valence electrons. The van der Waals surface area contributed by atoms with Gasteiger partial charge in [-0.15, -0.1) is 0 Å². The molecule has 1 fully saturated rings. The number of nitrogens with two attached hydrogens (primary N) is 2. The molecule has 0 aromatic carbocycles. The summed E-state index contributed by atoms with van der Waals surface area (Å²) in [5, 5.41) is 4.03. The zero-order valence-corrected chi connectivity index (χ0v) is 11.3. The van der Waals surface area contributed by atoms with Crippen molar-refractivity contribution in [2.75, 3.05) is 0 Å². The van der Waals surface area contributed by atoms with Crippen LogP contribution < -0.4 is 27.7 Å². The van der Waals surface area contributed by atoms with Crippen LogP contribution in [-0.4, -0.2) is 23.8 Å². The summed E-state index contributed by atoms with van der Waals surface area (Å²) < 4.78 is 0. The third-order valence-corrected chi connectivity index (χ3v) is 3.37. The van der Waals surface area contributed by atoms with Crippen molar-refractivity contribution in [2.45, 2.75) is 39.2 Å². The van der Waals surface area contributed by atoms with E-state index >= 15 is 0 Å². The molecule has 0 saturated heterocycles. The number of hydrazone groups is 1. The lowest BCUT2D eigenvalue weighted by Crippen LogP contribution is -2.55. The number of carbonyl (C=O) groups excluding carboxylic acids is 2. The first-order chi connectivity index (χ1) is 8.93. The van der Waals surface area contributed by atoms with E-state index < -0.39 is 12.1 Å². The molecule has 7 N–H and O–H groups in total. The lowest BCUT2D eigenvalue weighted by Gasteiger charge is -2.35. The second-order valence-electron chi connectivity index (χ2n) is 4.88. The summed E-state index contributed by atoms with van der Waals surface area (Å²) in [6.45, 7) is 4.17. The molecule has 19 heavy (non-hydrogen) atoms. The fourth-order valence-electron chi connectivity index (χ4n) is 2.42. The molecule has 8 heteroatoms. The van der Waals surface area contributed by atoms with Crippen LogP contribution in [-0.2, 0) is 0 Å². The first kappa shape index (κ1) is 15.2. The van der Waals surface area contributed by atoms with Gasteiger partial charge in [-0.3, -0.25) is 5.43 Å². The van der Waals surface area contributed by atoms with Gasteiger partial charge in [-0.2, -0.15) is 5.10 Å². The maximum atomic E-state index is 10.8. The smallest absolute Gasteiger partial charge is 0.332 e. The minimum Gasteiger partial charge on any atom is -0.351 e. The number of rotatable bonds is 4. The van der Waals surface area contributed by atoms with Crippen LogP contribution in [0.1, 0.15) is 33.1 Å². The lowest BCUT2D eigenvalue weighted by atomic mass is 9.77. The molecule has 3 atom stereocenters. The Hall–Kier alpha value is -1.83. The number of hydrogen-bond acceptors (Lipinski definition) is 4. The standard InChI is InChI=1S/C11H22N6O2/c1-3-7-4-6(2)9(15-17-11(13)19)8(5-7)14-16-10(12)18/h6-7,9,15H,3-5H2,1-2H3,(H3,12,16,18)(H3,13,17,19)/b14-8+. The topological polar surface area (TPSA) is 135 Å². The molecule has 0 aliphatic heterocycles. The third kappa shape index (κ3) is 4.74. The van der Waals surface area contributed by atoms with Crippen molar-refractivity contribution in [3.63, 3.8) is 0 Å². The van der Waals surface area contributed by atoms with E-state index in [1.165, 1.54) is 0 Å². The van der Waals surface area contributed by atoms with E-state index in [-0.39, 0.29) is 12.0 Å². The fraction of sp³-hybridized carbons (Fsp3) is 0.727. The molecule has 3 unspecified atom stereocenters. The van der Waals surface area contributed by atoms with Gasteiger partial charge in [-0.1, -0.05) is 20.3 Å². The lowest BCUT2D eigenvalue weighted by molar-refractivity contribution is 0.236. The highest BCUT2D eigenvalue weighted by Crippen LogP contribution is 2.29. The Kier molecular flexibility index (Phi) is 5.56. The van der Waals surface area contributed by atoms with Crippen molar-refractivity contribution in [1.82, 2.24) is 16.3 Å². The van der Waals surface area contributed by atoms with Crippen molar-refractivity contribution in [3.05, 3.63) is 0 Å². The highest BCUT2D eigenvalue weighted by atomic mass is 16.2. The van der Waals surface area contributed by atoms with Crippen molar-refractivity contribution in [2.24, 2.45) is 28.4 Å². The number of amides is 4. The predicted molar refractivity (Wildman–Crippen MR) is 72.0 cm³/mol. The molecule has 0 heterocycles. The van der Waals surface area contributed by atoms with Gasteiger partial charge in [0.1, 0.15) is 0 Å². The average Bonchev–Trinajstić information content (AvgIpc) is 2.34. The molecular formula is C11H22N6O2. The normalized spacial score (nSPS) is 28.9. The van der Waals surface area contributed by atoms with E-state index in [1.54, 1.807) is 0 Å². The number of nitrogens with zero attached hydrogens (tertiary/aromatic N) is 1. The molecule has 0 spiro atoms. The van der Waals surface area contributed by atoms with Gasteiger partial charge in [-0.05, 0) is 24.7 Å². The molecule has 0 aromatic heterocycles. The Morgan fingerprint density at radius 3 is 2.58 bits per heavy atom. The summed E-state index contributed by atoms with van der Waals surface area (Å²) >= 11 is 0. The van der Waals surface area contributed by atoms with Gasteiger partial charge < -0.3 is 11.5 Å². The number of primary amides is 2. The van der Waals surface area contributed by atoms with E-state index in [2.05, 4.69) is 35.2 Å². The van der Waals surface area contributed by atoms with E-state index in [4.69, 9.17) is 11.5 Å².